The zero-order valence-electron chi connectivity index (χ0n) is 13.8. The molecule has 2 aromatic rings. The van der Waals surface area contributed by atoms with Crippen LogP contribution in [0.5, 0.6) is 5.75 Å². The maximum absolute atomic E-state index is 12.6. The average molecular weight is 414 g/mol. The Balaban J connectivity index is 1.78. The number of nitrogens with one attached hydrogen (secondary N) is 1. The smallest absolute Gasteiger partial charge is 0.229 e. The van der Waals surface area contributed by atoms with Crippen LogP contribution in [0, 0.1) is 5.92 Å². The van der Waals surface area contributed by atoms with E-state index in [1.165, 1.54) is 12.0 Å². The lowest BCUT2D eigenvalue weighted by Crippen LogP contribution is -2.28. The highest BCUT2D eigenvalue weighted by atomic mass is 35.5. The lowest BCUT2D eigenvalue weighted by atomic mass is 10.1. The minimum atomic E-state index is -0.527. The molecular formula is C18H15Cl3N2O3. The highest BCUT2D eigenvalue weighted by molar-refractivity contribution is 6.44. The molecule has 136 valence electrons. The van der Waals surface area contributed by atoms with Gasteiger partial charge in [-0.1, -0.05) is 40.9 Å². The minimum Gasteiger partial charge on any atom is -0.495 e. The molecule has 1 aliphatic heterocycles. The first-order chi connectivity index (χ1) is 12.4. The van der Waals surface area contributed by atoms with Gasteiger partial charge >= 0.3 is 0 Å². The second-order valence-corrected chi connectivity index (χ2v) is 7.03. The number of hydrogen-bond acceptors (Lipinski definition) is 3. The van der Waals surface area contributed by atoms with Crippen molar-refractivity contribution in [3.05, 3.63) is 51.5 Å². The van der Waals surface area contributed by atoms with Crippen LogP contribution in [-0.4, -0.2) is 25.5 Å². The molecular weight excluding hydrogens is 399 g/mol. The highest BCUT2D eigenvalue weighted by Gasteiger charge is 2.36. The molecule has 1 aliphatic rings. The topological polar surface area (TPSA) is 58.6 Å². The van der Waals surface area contributed by atoms with Gasteiger partial charge in [0.2, 0.25) is 11.8 Å². The monoisotopic (exact) mass is 412 g/mol. The van der Waals surface area contributed by atoms with Gasteiger partial charge < -0.3 is 15.0 Å². The summed E-state index contributed by atoms with van der Waals surface area (Å²) < 4.78 is 5.30. The van der Waals surface area contributed by atoms with Crippen molar-refractivity contribution in [2.75, 3.05) is 23.9 Å². The van der Waals surface area contributed by atoms with Gasteiger partial charge in [0.25, 0.3) is 0 Å². The van der Waals surface area contributed by atoms with Crippen molar-refractivity contribution in [2.24, 2.45) is 5.92 Å². The van der Waals surface area contributed by atoms with Crippen LogP contribution in [0.3, 0.4) is 0 Å². The molecule has 0 aliphatic carbocycles. The van der Waals surface area contributed by atoms with Crippen LogP contribution in [-0.2, 0) is 9.59 Å². The molecule has 8 heteroatoms. The van der Waals surface area contributed by atoms with Gasteiger partial charge in [0.05, 0.1) is 34.4 Å². The number of benzene rings is 2. The number of hydrogen-bond donors (Lipinski definition) is 1. The second kappa shape index (κ2) is 7.74. The van der Waals surface area contributed by atoms with Crippen LogP contribution in [0.25, 0.3) is 0 Å². The number of carbonyl (C=O) groups is 2. The van der Waals surface area contributed by atoms with Crippen molar-refractivity contribution in [1.29, 1.82) is 0 Å². The second-order valence-electron chi connectivity index (χ2n) is 5.81. The van der Waals surface area contributed by atoms with Gasteiger partial charge in [-0.3, -0.25) is 9.59 Å². The predicted octanol–water partition coefficient (Wildman–Crippen LogP) is 4.65. The van der Waals surface area contributed by atoms with Crippen molar-refractivity contribution in [3.8, 4) is 5.75 Å². The van der Waals surface area contributed by atoms with Gasteiger partial charge in [-0.15, -0.1) is 0 Å². The van der Waals surface area contributed by atoms with E-state index in [-0.39, 0.29) is 29.8 Å². The van der Waals surface area contributed by atoms with Crippen molar-refractivity contribution in [2.45, 2.75) is 6.42 Å². The molecule has 0 saturated carbocycles. The first-order valence-electron chi connectivity index (χ1n) is 7.79. The molecule has 1 saturated heterocycles. The quantitative estimate of drug-likeness (QED) is 0.794. The third-order valence-corrected chi connectivity index (χ3v) is 5.19. The van der Waals surface area contributed by atoms with Gasteiger partial charge in [0, 0.05) is 18.0 Å². The van der Waals surface area contributed by atoms with Gasteiger partial charge in [-0.05, 0) is 30.3 Å². The Bertz CT molecular complexity index is 873. The molecule has 1 fully saturated rings. The summed E-state index contributed by atoms with van der Waals surface area (Å²) in [6.45, 7) is 0.222. The Morgan fingerprint density at radius 1 is 1.23 bits per heavy atom. The van der Waals surface area contributed by atoms with E-state index in [4.69, 9.17) is 39.5 Å². The van der Waals surface area contributed by atoms with Crippen LogP contribution in [0.4, 0.5) is 11.4 Å². The Hall–Kier alpha value is -1.95. The zero-order valence-corrected chi connectivity index (χ0v) is 16.0. The standard InChI is InChI=1S/C18H15Cl3N2O3/c1-26-15-6-5-11(19)8-14(15)23-9-10(7-16(23)24)18(25)22-13-4-2-3-12(20)17(13)21/h2-6,8,10H,7,9H2,1H3,(H,22,25). The summed E-state index contributed by atoms with van der Waals surface area (Å²) in [4.78, 5) is 26.5. The predicted molar refractivity (Wildman–Crippen MR) is 104 cm³/mol. The number of rotatable bonds is 4. The molecule has 5 nitrogen and oxygen atoms in total. The summed E-state index contributed by atoms with van der Waals surface area (Å²) in [5, 5.41) is 3.82. The maximum atomic E-state index is 12.6. The normalized spacial score (nSPS) is 16.7. The van der Waals surface area contributed by atoms with Crippen LogP contribution >= 0.6 is 34.8 Å². The van der Waals surface area contributed by atoms with Crippen LogP contribution in [0.2, 0.25) is 15.1 Å². The minimum absolute atomic E-state index is 0.0830. The van der Waals surface area contributed by atoms with Gasteiger partial charge in [-0.2, -0.15) is 0 Å². The number of anilines is 2. The molecule has 0 spiro atoms. The summed E-state index contributed by atoms with van der Waals surface area (Å²) in [5.41, 5.74) is 0.955. The number of carbonyl (C=O) groups excluding carboxylic acids is 2. The fraction of sp³-hybridized carbons (Fsp3) is 0.222. The average Bonchev–Trinajstić information content (AvgIpc) is 3.00. The lowest BCUT2D eigenvalue weighted by molar-refractivity contribution is -0.122. The molecule has 26 heavy (non-hydrogen) atoms. The molecule has 3 rings (SSSR count). The van der Waals surface area contributed by atoms with Crippen LogP contribution < -0.4 is 15.0 Å². The number of methoxy groups -OCH3 is 1. The van der Waals surface area contributed by atoms with Gasteiger partial charge in [-0.25, -0.2) is 0 Å². The lowest BCUT2D eigenvalue weighted by Gasteiger charge is -2.20. The van der Waals surface area contributed by atoms with Gasteiger partial charge in [0.15, 0.2) is 0 Å². The Kier molecular flexibility index (Phi) is 5.61. The Morgan fingerprint density at radius 2 is 2.00 bits per heavy atom. The molecule has 2 amide bonds. The number of amides is 2. The fourth-order valence-corrected chi connectivity index (χ4v) is 3.34. The van der Waals surface area contributed by atoms with E-state index < -0.39 is 5.92 Å². The van der Waals surface area contributed by atoms with E-state index in [2.05, 4.69) is 5.32 Å². The summed E-state index contributed by atoms with van der Waals surface area (Å²) >= 11 is 18.1. The summed E-state index contributed by atoms with van der Waals surface area (Å²) in [6, 6.07) is 9.98. The number of halogens is 3. The van der Waals surface area contributed by atoms with Crippen molar-refractivity contribution in [3.63, 3.8) is 0 Å². The fourth-order valence-electron chi connectivity index (χ4n) is 2.83. The molecule has 0 radical (unpaired) electrons. The van der Waals surface area contributed by atoms with E-state index in [1.807, 2.05) is 0 Å². The molecule has 0 aromatic heterocycles. The summed E-state index contributed by atoms with van der Waals surface area (Å²) in [6.07, 6.45) is 0.0830. The third kappa shape index (κ3) is 3.75. The SMILES string of the molecule is COc1ccc(Cl)cc1N1CC(C(=O)Nc2cccc(Cl)c2Cl)CC1=O. The molecule has 1 atom stereocenters. The maximum Gasteiger partial charge on any atom is 0.229 e. The first kappa shape index (κ1) is 18.8. The number of nitrogens with zero attached hydrogens (tertiary/aromatic N) is 1. The third-order valence-electron chi connectivity index (χ3n) is 4.14. The molecule has 1 heterocycles. The van der Waals surface area contributed by atoms with Crippen molar-refractivity contribution >= 4 is 58.0 Å². The van der Waals surface area contributed by atoms with E-state index in [9.17, 15) is 9.59 Å². The largest absolute Gasteiger partial charge is 0.495 e. The molecule has 0 bridgehead atoms. The van der Waals surface area contributed by atoms with Crippen LogP contribution in [0.15, 0.2) is 36.4 Å². The van der Waals surface area contributed by atoms with Crippen molar-refractivity contribution in [1.82, 2.24) is 0 Å². The number of ether oxygens (including phenoxy) is 1. The first-order valence-corrected chi connectivity index (χ1v) is 8.93. The molecule has 1 N–H and O–H groups in total. The Labute approximate surface area is 165 Å². The zero-order chi connectivity index (χ0) is 18.8. The van der Waals surface area contributed by atoms with E-state index in [0.717, 1.165) is 0 Å². The highest BCUT2D eigenvalue weighted by Crippen LogP contribution is 2.36. The summed E-state index contributed by atoms with van der Waals surface area (Å²) in [5.74, 6) is -0.489. The van der Waals surface area contributed by atoms with E-state index in [1.54, 1.807) is 36.4 Å². The van der Waals surface area contributed by atoms with Gasteiger partial charge in [0.1, 0.15) is 5.75 Å². The Morgan fingerprint density at radius 3 is 2.73 bits per heavy atom. The van der Waals surface area contributed by atoms with Crippen LogP contribution in [0.1, 0.15) is 6.42 Å². The van der Waals surface area contributed by atoms with Crippen molar-refractivity contribution < 1.29 is 14.3 Å². The van der Waals surface area contributed by atoms with E-state index >= 15 is 0 Å². The molecule has 2 aromatic carbocycles. The van der Waals surface area contributed by atoms with E-state index in [0.29, 0.717) is 27.2 Å². The summed E-state index contributed by atoms with van der Waals surface area (Å²) in [7, 11) is 1.51. The molecule has 1 unspecified atom stereocenters.